The molecule has 0 unspecified atom stereocenters. The van der Waals surface area contributed by atoms with Gasteiger partial charge >= 0.3 is 0 Å². The Bertz CT molecular complexity index is 825. The zero-order valence-corrected chi connectivity index (χ0v) is 16.6. The molecule has 0 saturated carbocycles. The Morgan fingerprint density at radius 2 is 1.68 bits per heavy atom. The van der Waals surface area contributed by atoms with E-state index >= 15 is 0 Å². The quantitative estimate of drug-likeness (QED) is 0.797. The minimum absolute atomic E-state index is 0.0604. The van der Waals surface area contributed by atoms with Crippen molar-refractivity contribution in [1.29, 1.82) is 0 Å². The normalized spacial score (nSPS) is 28.8. The average molecular weight is 375 g/mol. The third-order valence-corrected chi connectivity index (χ3v) is 7.24. The number of hydrogen-bond donors (Lipinski definition) is 0. The van der Waals surface area contributed by atoms with E-state index < -0.39 is 0 Å². The highest BCUT2D eigenvalue weighted by Gasteiger charge is 2.36. The van der Waals surface area contributed by atoms with Crippen molar-refractivity contribution in [2.24, 2.45) is 11.8 Å². The molecule has 4 heterocycles. The molecule has 2 aromatic rings. The third-order valence-electron chi connectivity index (χ3n) is 7.24. The van der Waals surface area contributed by atoms with Gasteiger partial charge in [-0.25, -0.2) is 0 Å². The van der Waals surface area contributed by atoms with Gasteiger partial charge in [0.15, 0.2) is 0 Å². The summed E-state index contributed by atoms with van der Waals surface area (Å²) in [7, 11) is 0. The van der Waals surface area contributed by atoms with E-state index in [4.69, 9.17) is 0 Å². The topological polar surface area (TPSA) is 23.6 Å². The molecule has 1 amide bonds. The summed E-state index contributed by atoms with van der Waals surface area (Å²) in [6.45, 7) is 4.58. The maximum absolute atomic E-state index is 13.4. The van der Waals surface area contributed by atoms with Crippen molar-refractivity contribution in [1.82, 2.24) is 9.80 Å². The van der Waals surface area contributed by atoms with E-state index in [0.29, 0.717) is 12.3 Å². The number of rotatable bonds is 4. The van der Waals surface area contributed by atoms with Crippen LogP contribution in [-0.4, -0.2) is 41.9 Å². The number of fused-ring (bicyclic) bond motifs is 4. The van der Waals surface area contributed by atoms with Crippen LogP contribution in [0.4, 0.5) is 0 Å². The Kier molecular flexibility index (Phi) is 4.94. The van der Waals surface area contributed by atoms with Crippen LogP contribution in [0.5, 0.6) is 0 Å². The van der Waals surface area contributed by atoms with Crippen LogP contribution in [0.25, 0.3) is 0 Å². The highest BCUT2D eigenvalue weighted by Crippen LogP contribution is 2.38. The summed E-state index contributed by atoms with van der Waals surface area (Å²) < 4.78 is 0. The van der Waals surface area contributed by atoms with Crippen molar-refractivity contribution in [3.05, 3.63) is 71.3 Å². The van der Waals surface area contributed by atoms with Crippen molar-refractivity contribution in [2.45, 2.75) is 38.1 Å². The highest BCUT2D eigenvalue weighted by molar-refractivity contribution is 5.78. The van der Waals surface area contributed by atoms with E-state index in [1.807, 2.05) is 0 Å². The first-order valence-electron chi connectivity index (χ1n) is 10.9. The molecule has 146 valence electrons. The molecule has 4 aliphatic rings. The fourth-order valence-electron chi connectivity index (χ4n) is 5.70. The average Bonchev–Trinajstić information content (AvgIpc) is 2.78. The van der Waals surface area contributed by atoms with E-state index in [2.05, 4.69) is 64.4 Å². The molecule has 6 rings (SSSR count). The molecule has 2 bridgehead atoms. The van der Waals surface area contributed by atoms with Crippen LogP contribution in [0.2, 0.25) is 0 Å². The summed E-state index contributed by atoms with van der Waals surface area (Å²) in [6.07, 6.45) is 5.39. The standard InChI is InChI=1S/C25H30N2O/c28-24(11-10-22-18-26-15-12-19(22)13-16-26)27-17-14-20-6-4-5-9-23(20)25(27)21-7-2-1-3-8-21/h1-9,19,22,25H,10-18H2/t22-,25-/m0/s1. The Labute approximate surface area is 168 Å². The van der Waals surface area contributed by atoms with E-state index in [1.54, 1.807) is 0 Å². The molecule has 3 heteroatoms. The van der Waals surface area contributed by atoms with Gasteiger partial charge in [-0.05, 0) is 67.3 Å². The minimum atomic E-state index is 0.0604. The molecular weight excluding hydrogens is 344 g/mol. The van der Waals surface area contributed by atoms with Gasteiger partial charge in [0.2, 0.25) is 5.91 Å². The van der Waals surface area contributed by atoms with Crippen LogP contribution in [0, 0.1) is 11.8 Å². The van der Waals surface area contributed by atoms with Gasteiger partial charge in [-0.15, -0.1) is 0 Å². The van der Waals surface area contributed by atoms with Crippen LogP contribution >= 0.6 is 0 Å². The van der Waals surface area contributed by atoms with Gasteiger partial charge < -0.3 is 9.80 Å². The first kappa shape index (κ1) is 17.9. The molecule has 4 aliphatic heterocycles. The lowest BCUT2D eigenvalue weighted by Crippen LogP contribution is -2.47. The van der Waals surface area contributed by atoms with Gasteiger partial charge in [0.25, 0.3) is 0 Å². The maximum Gasteiger partial charge on any atom is 0.223 e. The molecule has 2 aromatic carbocycles. The summed E-state index contributed by atoms with van der Waals surface area (Å²) in [5.74, 6) is 1.91. The van der Waals surface area contributed by atoms with Crippen LogP contribution in [-0.2, 0) is 11.2 Å². The van der Waals surface area contributed by atoms with E-state index in [9.17, 15) is 4.79 Å². The number of carbonyl (C=O) groups excluding carboxylic acids is 1. The Morgan fingerprint density at radius 3 is 2.43 bits per heavy atom. The van der Waals surface area contributed by atoms with Gasteiger partial charge in [-0.2, -0.15) is 0 Å². The predicted octanol–water partition coefficient (Wildman–Crippen LogP) is 4.28. The third kappa shape index (κ3) is 3.37. The summed E-state index contributed by atoms with van der Waals surface area (Å²) in [4.78, 5) is 18.1. The van der Waals surface area contributed by atoms with Crippen molar-refractivity contribution in [3.63, 3.8) is 0 Å². The molecular formula is C25H30N2O. The van der Waals surface area contributed by atoms with E-state index in [1.165, 1.54) is 49.2 Å². The number of carbonyl (C=O) groups is 1. The van der Waals surface area contributed by atoms with Crippen molar-refractivity contribution in [2.75, 3.05) is 26.2 Å². The summed E-state index contributed by atoms with van der Waals surface area (Å²) >= 11 is 0. The Hall–Kier alpha value is -2.13. The van der Waals surface area contributed by atoms with Crippen molar-refractivity contribution < 1.29 is 4.79 Å². The first-order chi connectivity index (χ1) is 13.8. The molecule has 3 saturated heterocycles. The lowest BCUT2D eigenvalue weighted by molar-refractivity contribution is -0.134. The molecule has 28 heavy (non-hydrogen) atoms. The summed E-state index contributed by atoms with van der Waals surface area (Å²) in [5, 5.41) is 0. The molecule has 0 radical (unpaired) electrons. The van der Waals surface area contributed by atoms with Crippen molar-refractivity contribution in [3.8, 4) is 0 Å². The Balaban J connectivity index is 1.35. The number of hydrogen-bond acceptors (Lipinski definition) is 2. The second-order valence-electron chi connectivity index (χ2n) is 8.79. The minimum Gasteiger partial charge on any atom is -0.331 e. The molecule has 2 atom stereocenters. The second kappa shape index (κ2) is 7.71. The molecule has 0 N–H and O–H groups in total. The zero-order chi connectivity index (χ0) is 18.9. The summed E-state index contributed by atoms with van der Waals surface area (Å²) in [5.41, 5.74) is 3.92. The summed E-state index contributed by atoms with van der Waals surface area (Å²) in [6, 6.07) is 19.3. The SMILES string of the molecule is O=C(CC[C@H]1CN2CCC1CC2)N1CCc2ccccc2[C@@H]1c1ccccc1. The van der Waals surface area contributed by atoms with Crippen LogP contribution in [0.1, 0.15) is 48.4 Å². The van der Waals surface area contributed by atoms with Gasteiger partial charge in [-0.1, -0.05) is 54.6 Å². The van der Waals surface area contributed by atoms with Crippen LogP contribution < -0.4 is 0 Å². The molecule has 0 aromatic heterocycles. The van der Waals surface area contributed by atoms with E-state index in [-0.39, 0.29) is 6.04 Å². The maximum atomic E-state index is 13.4. The molecule has 0 aliphatic carbocycles. The Morgan fingerprint density at radius 1 is 0.929 bits per heavy atom. The lowest BCUT2D eigenvalue weighted by atomic mass is 9.77. The predicted molar refractivity (Wildman–Crippen MR) is 112 cm³/mol. The molecule has 0 spiro atoms. The highest BCUT2D eigenvalue weighted by atomic mass is 16.2. The van der Waals surface area contributed by atoms with Gasteiger partial charge in [-0.3, -0.25) is 4.79 Å². The number of nitrogens with zero attached hydrogens (tertiary/aromatic N) is 2. The zero-order valence-electron chi connectivity index (χ0n) is 16.6. The molecule has 3 fully saturated rings. The van der Waals surface area contributed by atoms with Gasteiger partial charge in [0.05, 0.1) is 6.04 Å². The van der Waals surface area contributed by atoms with E-state index in [0.717, 1.165) is 31.2 Å². The monoisotopic (exact) mass is 374 g/mol. The number of benzene rings is 2. The largest absolute Gasteiger partial charge is 0.331 e. The van der Waals surface area contributed by atoms with Crippen LogP contribution in [0.3, 0.4) is 0 Å². The first-order valence-corrected chi connectivity index (χ1v) is 10.9. The fraction of sp³-hybridized carbons (Fsp3) is 0.480. The lowest BCUT2D eigenvalue weighted by Gasteiger charge is -2.45. The smallest absolute Gasteiger partial charge is 0.223 e. The fourth-order valence-corrected chi connectivity index (χ4v) is 5.70. The van der Waals surface area contributed by atoms with Gasteiger partial charge in [0.1, 0.15) is 0 Å². The number of amides is 1. The van der Waals surface area contributed by atoms with Crippen molar-refractivity contribution >= 4 is 5.91 Å². The van der Waals surface area contributed by atoms with Gasteiger partial charge in [0, 0.05) is 19.5 Å². The second-order valence-corrected chi connectivity index (χ2v) is 8.79. The molecule has 3 nitrogen and oxygen atoms in total. The van der Waals surface area contributed by atoms with Crippen LogP contribution in [0.15, 0.2) is 54.6 Å². The number of piperidine rings is 3.